The van der Waals surface area contributed by atoms with Crippen LogP contribution in [-0.4, -0.2) is 45.9 Å². The van der Waals surface area contributed by atoms with Crippen molar-refractivity contribution in [2.24, 2.45) is 10.8 Å². The van der Waals surface area contributed by atoms with E-state index in [0.717, 1.165) is 0 Å². The molecular weight excluding hydrogens is 448 g/mol. The maximum absolute atomic E-state index is 12.8. The number of aliphatic hydroxyl groups excluding tert-OH is 1. The lowest BCUT2D eigenvalue weighted by Crippen LogP contribution is -2.23. The van der Waals surface area contributed by atoms with E-state index in [4.69, 9.17) is 0 Å². The molecule has 0 unspecified atom stereocenters. The summed E-state index contributed by atoms with van der Waals surface area (Å²) >= 11 is 0. The Bertz CT molecular complexity index is 1070. The summed E-state index contributed by atoms with van der Waals surface area (Å²) < 4.78 is 0. The zero-order valence-electron chi connectivity index (χ0n) is 20.8. The Hall–Kier alpha value is -3.19. The monoisotopic (exact) mass is 482 g/mol. The third-order valence-corrected chi connectivity index (χ3v) is 6.33. The van der Waals surface area contributed by atoms with Gasteiger partial charge in [0, 0.05) is 28.9 Å². The van der Waals surface area contributed by atoms with Crippen molar-refractivity contribution in [2.45, 2.75) is 66.2 Å². The minimum absolute atomic E-state index is 0.0302. The van der Waals surface area contributed by atoms with E-state index in [9.17, 15) is 34.2 Å². The van der Waals surface area contributed by atoms with Gasteiger partial charge in [-0.05, 0) is 82.1 Å². The number of aliphatic hydroxyl groups is 1. The highest BCUT2D eigenvalue weighted by Crippen LogP contribution is 2.28. The average Bonchev–Trinajstić information content (AvgIpc) is 2.77. The van der Waals surface area contributed by atoms with E-state index < -0.39 is 11.4 Å². The standard InChI is InChI=1S/C28H34O7/c1-27(2,17-29)11-5-7-18-13-22(30)15-20(24(18)32)9-10-21-16-23(31)14-19(25(21)33)8-6-12-28(3,4)26(34)35/h9-10,13-16,29H,5-8,11-12,17H2,1-4H3,(H,34,35)/b10-9+. The van der Waals surface area contributed by atoms with E-state index in [2.05, 4.69) is 0 Å². The number of hydrogen-bond donors (Lipinski definition) is 2. The molecule has 0 saturated heterocycles. The Balaban J connectivity index is 2.05. The van der Waals surface area contributed by atoms with Crippen LogP contribution in [0, 0.1) is 10.8 Å². The summed E-state index contributed by atoms with van der Waals surface area (Å²) in [7, 11) is 0. The predicted molar refractivity (Wildman–Crippen MR) is 131 cm³/mol. The SMILES string of the molecule is CC(C)(CO)CCCC1=CC(=O)C=C(/C=C/C2=CC(=O)C=C(CCCC(C)(C)C(=O)O)C2=O)C1=O. The van der Waals surface area contributed by atoms with E-state index in [1.54, 1.807) is 13.8 Å². The second-order valence-corrected chi connectivity index (χ2v) is 10.6. The van der Waals surface area contributed by atoms with Crippen molar-refractivity contribution in [3.05, 3.63) is 58.7 Å². The van der Waals surface area contributed by atoms with Gasteiger partial charge >= 0.3 is 5.97 Å². The molecule has 0 aliphatic heterocycles. The van der Waals surface area contributed by atoms with Gasteiger partial charge in [-0.2, -0.15) is 0 Å². The largest absolute Gasteiger partial charge is 0.481 e. The normalized spacial score (nSPS) is 17.4. The van der Waals surface area contributed by atoms with Crippen LogP contribution >= 0.6 is 0 Å². The molecule has 0 aromatic heterocycles. The quantitative estimate of drug-likeness (QED) is 0.402. The molecule has 0 atom stereocenters. The van der Waals surface area contributed by atoms with Gasteiger partial charge in [0.15, 0.2) is 23.1 Å². The molecule has 0 bridgehead atoms. The number of allylic oxidation sites excluding steroid dienone is 10. The zero-order chi connectivity index (χ0) is 26.4. The lowest BCUT2D eigenvalue weighted by molar-refractivity contribution is -0.147. The molecule has 0 fully saturated rings. The van der Waals surface area contributed by atoms with Crippen LogP contribution in [0.1, 0.15) is 66.2 Å². The molecule has 0 aromatic rings. The number of carboxylic acid groups (broad SMARTS) is 1. The van der Waals surface area contributed by atoms with E-state index in [0.29, 0.717) is 43.3 Å². The van der Waals surface area contributed by atoms with Gasteiger partial charge in [0.2, 0.25) is 0 Å². The molecule has 0 radical (unpaired) electrons. The molecule has 0 heterocycles. The van der Waals surface area contributed by atoms with Crippen LogP contribution in [-0.2, 0) is 24.0 Å². The molecule has 0 amide bonds. The number of carbonyl (C=O) groups is 5. The molecule has 2 N–H and O–H groups in total. The number of carbonyl (C=O) groups excluding carboxylic acids is 4. The van der Waals surface area contributed by atoms with Gasteiger partial charge in [-0.25, -0.2) is 0 Å². The summed E-state index contributed by atoms with van der Waals surface area (Å²) in [6, 6.07) is 0. The number of ketones is 4. The highest BCUT2D eigenvalue weighted by atomic mass is 16.4. The third kappa shape index (κ3) is 7.92. The van der Waals surface area contributed by atoms with Gasteiger partial charge in [-0.1, -0.05) is 26.0 Å². The van der Waals surface area contributed by atoms with Gasteiger partial charge < -0.3 is 10.2 Å². The van der Waals surface area contributed by atoms with Crippen LogP contribution in [0.15, 0.2) is 58.7 Å². The summed E-state index contributed by atoms with van der Waals surface area (Å²) in [6.45, 7) is 7.10. The molecule has 35 heavy (non-hydrogen) atoms. The molecule has 0 aromatic carbocycles. The second-order valence-electron chi connectivity index (χ2n) is 10.6. The molecule has 2 aliphatic carbocycles. The van der Waals surface area contributed by atoms with Gasteiger partial charge in [-0.15, -0.1) is 0 Å². The fourth-order valence-electron chi connectivity index (χ4n) is 3.83. The van der Waals surface area contributed by atoms with Crippen molar-refractivity contribution < 1.29 is 34.2 Å². The topological polar surface area (TPSA) is 126 Å². The van der Waals surface area contributed by atoms with E-state index in [-0.39, 0.29) is 52.7 Å². The van der Waals surface area contributed by atoms with Gasteiger partial charge in [-0.3, -0.25) is 24.0 Å². The molecule has 0 saturated carbocycles. The summed E-state index contributed by atoms with van der Waals surface area (Å²) in [5.74, 6) is -2.26. The molecule has 0 spiro atoms. The lowest BCUT2D eigenvalue weighted by Gasteiger charge is -2.21. The van der Waals surface area contributed by atoms with E-state index in [1.807, 2.05) is 13.8 Å². The maximum atomic E-state index is 12.8. The fourth-order valence-corrected chi connectivity index (χ4v) is 3.83. The highest BCUT2D eigenvalue weighted by Gasteiger charge is 2.28. The molecule has 2 aliphatic rings. The zero-order valence-corrected chi connectivity index (χ0v) is 20.8. The number of aliphatic carboxylic acids is 1. The minimum atomic E-state index is -0.930. The second kappa shape index (κ2) is 11.5. The predicted octanol–water partition coefficient (Wildman–Crippen LogP) is 4.02. The Morgan fingerprint density at radius 3 is 1.60 bits per heavy atom. The first kappa shape index (κ1) is 28.1. The Labute approximate surface area is 206 Å². The van der Waals surface area contributed by atoms with Crippen LogP contribution in [0.5, 0.6) is 0 Å². The smallest absolute Gasteiger partial charge is 0.309 e. The van der Waals surface area contributed by atoms with Crippen LogP contribution in [0.4, 0.5) is 0 Å². The highest BCUT2D eigenvalue weighted by molar-refractivity contribution is 6.23. The van der Waals surface area contributed by atoms with Crippen molar-refractivity contribution >= 4 is 29.1 Å². The van der Waals surface area contributed by atoms with Crippen molar-refractivity contribution in [3.63, 3.8) is 0 Å². The first-order valence-corrected chi connectivity index (χ1v) is 11.8. The van der Waals surface area contributed by atoms with Crippen LogP contribution in [0.25, 0.3) is 0 Å². The Morgan fingerprint density at radius 2 is 1.20 bits per heavy atom. The van der Waals surface area contributed by atoms with Crippen LogP contribution in [0.3, 0.4) is 0 Å². The van der Waals surface area contributed by atoms with Gasteiger partial charge in [0.05, 0.1) is 5.41 Å². The fraction of sp³-hybridized carbons (Fsp3) is 0.464. The lowest BCUT2D eigenvalue weighted by atomic mass is 9.84. The van der Waals surface area contributed by atoms with E-state index in [1.165, 1.54) is 36.5 Å². The first-order valence-electron chi connectivity index (χ1n) is 11.8. The molecule has 2 rings (SSSR count). The summed E-state index contributed by atoms with van der Waals surface area (Å²) in [6.07, 6.45) is 10.5. The van der Waals surface area contributed by atoms with E-state index >= 15 is 0 Å². The Kier molecular flexibility index (Phi) is 9.21. The third-order valence-electron chi connectivity index (χ3n) is 6.33. The van der Waals surface area contributed by atoms with Gasteiger partial charge in [0.25, 0.3) is 0 Å². The van der Waals surface area contributed by atoms with Crippen molar-refractivity contribution in [2.75, 3.05) is 6.61 Å². The molecule has 7 heteroatoms. The minimum Gasteiger partial charge on any atom is -0.481 e. The van der Waals surface area contributed by atoms with Crippen molar-refractivity contribution in [1.82, 2.24) is 0 Å². The van der Waals surface area contributed by atoms with Crippen molar-refractivity contribution in [1.29, 1.82) is 0 Å². The number of hydrogen-bond acceptors (Lipinski definition) is 6. The van der Waals surface area contributed by atoms with Crippen molar-refractivity contribution in [3.8, 4) is 0 Å². The number of Topliss-reactive ketones (excluding diaryl/α,β-unsaturated/α-hetero) is 2. The first-order chi connectivity index (χ1) is 16.3. The average molecular weight is 483 g/mol. The summed E-state index contributed by atoms with van der Waals surface area (Å²) in [5.41, 5.74) is -0.255. The molecule has 188 valence electrons. The van der Waals surface area contributed by atoms with Crippen LogP contribution in [0.2, 0.25) is 0 Å². The van der Waals surface area contributed by atoms with Crippen LogP contribution < -0.4 is 0 Å². The summed E-state index contributed by atoms with van der Waals surface area (Å²) in [5, 5.41) is 18.6. The summed E-state index contributed by atoms with van der Waals surface area (Å²) in [4.78, 5) is 61.3. The maximum Gasteiger partial charge on any atom is 0.309 e. The number of carboxylic acids is 1. The number of rotatable bonds is 12. The molecule has 7 nitrogen and oxygen atoms in total. The molecular formula is C28H34O7. The Morgan fingerprint density at radius 1 is 0.771 bits per heavy atom. The van der Waals surface area contributed by atoms with Gasteiger partial charge in [0.1, 0.15) is 0 Å².